The van der Waals surface area contributed by atoms with Gasteiger partial charge in [-0.1, -0.05) is 17.7 Å². The van der Waals surface area contributed by atoms with Crippen LogP contribution >= 0.6 is 11.6 Å². The first-order chi connectivity index (χ1) is 8.65. The van der Waals surface area contributed by atoms with Crippen molar-refractivity contribution in [3.8, 4) is 17.2 Å². The average molecular weight is 262 g/mol. The van der Waals surface area contributed by atoms with Crippen LogP contribution in [0.2, 0.25) is 5.02 Å². The van der Waals surface area contributed by atoms with Crippen molar-refractivity contribution in [2.24, 2.45) is 0 Å². The highest BCUT2D eigenvalue weighted by Crippen LogP contribution is 2.39. The molecule has 1 aliphatic rings. The Hall–Kier alpha value is -2.20. The first-order valence-corrected chi connectivity index (χ1v) is 5.63. The predicted octanol–water partition coefficient (Wildman–Crippen LogP) is 3.40. The van der Waals surface area contributed by atoms with Gasteiger partial charge >= 0.3 is 0 Å². The van der Waals surface area contributed by atoms with Crippen molar-refractivity contribution in [3.05, 3.63) is 47.0 Å². The van der Waals surface area contributed by atoms with Gasteiger partial charge in [0.1, 0.15) is 17.1 Å². The first-order valence-electron chi connectivity index (χ1n) is 5.26. The third-order valence-electron chi connectivity index (χ3n) is 2.64. The standard InChI is InChI=1S/C13H8ClNO3/c14-7-4-5-10-8(6-7)15-13(17)12-9(16)2-1-3-11(12)18-10/h1-6,16H,(H,15,17). The molecule has 0 saturated heterocycles. The lowest BCUT2D eigenvalue weighted by atomic mass is 10.1. The summed E-state index contributed by atoms with van der Waals surface area (Å²) in [7, 11) is 0. The molecule has 0 fully saturated rings. The Morgan fingerprint density at radius 3 is 2.83 bits per heavy atom. The van der Waals surface area contributed by atoms with Crippen LogP contribution in [0.3, 0.4) is 0 Å². The number of carbonyl (C=O) groups excluding carboxylic acids is 1. The second-order valence-corrected chi connectivity index (χ2v) is 4.28. The number of phenols is 1. The third kappa shape index (κ3) is 1.67. The maximum absolute atomic E-state index is 12.0. The van der Waals surface area contributed by atoms with Crippen molar-refractivity contribution in [3.63, 3.8) is 0 Å². The number of halogens is 1. The summed E-state index contributed by atoms with van der Waals surface area (Å²) in [6, 6.07) is 9.60. The molecule has 0 spiro atoms. The lowest BCUT2D eigenvalue weighted by molar-refractivity contribution is 0.102. The van der Waals surface area contributed by atoms with Crippen molar-refractivity contribution in [1.82, 2.24) is 0 Å². The monoisotopic (exact) mass is 261 g/mol. The number of aromatic hydroxyl groups is 1. The van der Waals surface area contributed by atoms with E-state index in [9.17, 15) is 9.90 Å². The van der Waals surface area contributed by atoms with E-state index in [0.29, 0.717) is 22.2 Å². The van der Waals surface area contributed by atoms with E-state index in [2.05, 4.69) is 5.32 Å². The number of phenolic OH excluding ortho intramolecular Hbond substituents is 1. The number of carbonyl (C=O) groups is 1. The van der Waals surface area contributed by atoms with Crippen molar-refractivity contribution < 1.29 is 14.6 Å². The molecule has 0 aromatic heterocycles. The predicted molar refractivity (Wildman–Crippen MR) is 67.6 cm³/mol. The number of hydrogen-bond acceptors (Lipinski definition) is 3. The molecule has 18 heavy (non-hydrogen) atoms. The van der Waals surface area contributed by atoms with Crippen LogP contribution in [0.4, 0.5) is 5.69 Å². The van der Waals surface area contributed by atoms with Crippen LogP contribution in [-0.2, 0) is 0 Å². The lowest BCUT2D eigenvalue weighted by Crippen LogP contribution is -2.10. The average Bonchev–Trinajstić information content (AvgIpc) is 2.45. The normalized spacial score (nSPS) is 12.8. The highest BCUT2D eigenvalue weighted by molar-refractivity contribution is 6.31. The molecule has 0 unspecified atom stereocenters. The molecule has 1 heterocycles. The Morgan fingerprint density at radius 2 is 2.00 bits per heavy atom. The van der Waals surface area contributed by atoms with Crippen LogP contribution in [0.1, 0.15) is 10.4 Å². The highest BCUT2D eigenvalue weighted by atomic mass is 35.5. The van der Waals surface area contributed by atoms with Crippen LogP contribution in [0, 0.1) is 0 Å². The Balaban J connectivity index is 2.19. The minimum Gasteiger partial charge on any atom is -0.507 e. The zero-order chi connectivity index (χ0) is 12.7. The summed E-state index contributed by atoms with van der Waals surface area (Å²) < 4.78 is 5.61. The highest BCUT2D eigenvalue weighted by Gasteiger charge is 2.23. The molecule has 2 aromatic carbocycles. The van der Waals surface area contributed by atoms with E-state index in [-0.39, 0.29) is 11.3 Å². The number of fused-ring (bicyclic) bond motifs is 2. The van der Waals surface area contributed by atoms with Gasteiger partial charge in [-0.25, -0.2) is 0 Å². The Labute approximate surface area is 108 Å². The number of ether oxygens (including phenoxy) is 1. The van der Waals surface area contributed by atoms with Gasteiger partial charge in [0.25, 0.3) is 5.91 Å². The van der Waals surface area contributed by atoms with Gasteiger partial charge in [0.2, 0.25) is 0 Å². The molecule has 0 aliphatic carbocycles. The first kappa shape index (κ1) is 10.9. The van der Waals surface area contributed by atoms with Crippen molar-refractivity contribution in [2.75, 3.05) is 5.32 Å². The minimum absolute atomic E-state index is 0.116. The third-order valence-corrected chi connectivity index (χ3v) is 2.88. The Kier molecular flexibility index (Phi) is 2.38. The maximum atomic E-state index is 12.0. The topological polar surface area (TPSA) is 58.6 Å². The van der Waals surface area contributed by atoms with E-state index in [1.165, 1.54) is 6.07 Å². The summed E-state index contributed by atoms with van der Waals surface area (Å²) in [5, 5.41) is 12.9. The summed E-state index contributed by atoms with van der Waals surface area (Å²) in [5.74, 6) is 0.249. The van der Waals surface area contributed by atoms with Crippen LogP contribution in [-0.4, -0.2) is 11.0 Å². The van der Waals surface area contributed by atoms with E-state index in [1.54, 1.807) is 30.3 Å². The van der Waals surface area contributed by atoms with Crippen LogP contribution in [0.5, 0.6) is 17.2 Å². The van der Waals surface area contributed by atoms with Gasteiger partial charge in [0, 0.05) is 5.02 Å². The summed E-state index contributed by atoms with van der Waals surface area (Å²) in [6.07, 6.45) is 0. The Morgan fingerprint density at radius 1 is 1.17 bits per heavy atom. The van der Waals surface area contributed by atoms with E-state index >= 15 is 0 Å². The number of anilines is 1. The summed E-state index contributed by atoms with van der Waals surface area (Å²) in [5.41, 5.74) is 0.591. The quantitative estimate of drug-likeness (QED) is 0.764. The van der Waals surface area contributed by atoms with Crippen molar-refractivity contribution in [2.45, 2.75) is 0 Å². The van der Waals surface area contributed by atoms with Gasteiger partial charge in [-0.05, 0) is 30.3 Å². The molecule has 0 saturated carbocycles. The molecule has 3 rings (SSSR count). The second-order valence-electron chi connectivity index (χ2n) is 3.85. The second kappa shape index (κ2) is 3.92. The van der Waals surface area contributed by atoms with E-state index in [4.69, 9.17) is 16.3 Å². The molecule has 1 aliphatic heterocycles. The zero-order valence-corrected chi connectivity index (χ0v) is 9.86. The summed E-state index contributed by atoms with van der Waals surface area (Å²) in [6.45, 7) is 0. The number of hydrogen-bond donors (Lipinski definition) is 2. The fourth-order valence-electron chi connectivity index (χ4n) is 1.82. The van der Waals surface area contributed by atoms with Gasteiger partial charge < -0.3 is 15.2 Å². The number of amides is 1. The molecule has 0 bridgehead atoms. The van der Waals surface area contributed by atoms with E-state index in [0.717, 1.165) is 0 Å². The lowest BCUT2D eigenvalue weighted by Gasteiger charge is -2.07. The van der Waals surface area contributed by atoms with Crippen LogP contribution < -0.4 is 10.1 Å². The van der Waals surface area contributed by atoms with E-state index in [1.807, 2.05) is 0 Å². The fraction of sp³-hybridized carbons (Fsp3) is 0. The molecule has 0 radical (unpaired) electrons. The van der Waals surface area contributed by atoms with Gasteiger partial charge in [-0.15, -0.1) is 0 Å². The van der Waals surface area contributed by atoms with Gasteiger partial charge in [-0.3, -0.25) is 4.79 Å². The molecule has 1 amide bonds. The number of nitrogens with one attached hydrogen (secondary N) is 1. The fourth-order valence-corrected chi connectivity index (χ4v) is 2.00. The molecular formula is C13H8ClNO3. The summed E-state index contributed by atoms with van der Waals surface area (Å²) in [4.78, 5) is 12.0. The molecule has 2 N–H and O–H groups in total. The van der Waals surface area contributed by atoms with Crippen LogP contribution in [0.25, 0.3) is 0 Å². The van der Waals surface area contributed by atoms with Gasteiger partial charge in [0.05, 0.1) is 5.69 Å². The molecule has 4 nitrogen and oxygen atoms in total. The van der Waals surface area contributed by atoms with Crippen molar-refractivity contribution >= 4 is 23.2 Å². The molecule has 2 aromatic rings. The number of benzene rings is 2. The van der Waals surface area contributed by atoms with Crippen LogP contribution in [0.15, 0.2) is 36.4 Å². The number of rotatable bonds is 0. The van der Waals surface area contributed by atoms with Crippen molar-refractivity contribution in [1.29, 1.82) is 0 Å². The molecular weight excluding hydrogens is 254 g/mol. The minimum atomic E-state index is -0.427. The Bertz CT molecular complexity index is 655. The van der Waals surface area contributed by atoms with Gasteiger partial charge in [0.15, 0.2) is 5.75 Å². The van der Waals surface area contributed by atoms with E-state index < -0.39 is 5.91 Å². The molecule has 5 heteroatoms. The SMILES string of the molecule is O=C1Nc2cc(Cl)ccc2Oc2cccc(O)c21. The molecule has 0 atom stereocenters. The molecule has 90 valence electrons. The largest absolute Gasteiger partial charge is 0.507 e. The smallest absolute Gasteiger partial charge is 0.263 e. The summed E-state index contributed by atoms with van der Waals surface area (Å²) >= 11 is 5.86. The maximum Gasteiger partial charge on any atom is 0.263 e. The van der Waals surface area contributed by atoms with Gasteiger partial charge in [-0.2, -0.15) is 0 Å². The zero-order valence-electron chi connectivity index (χ0n) is 9.11.